The summed E-state index contributed by atoms with van der Waals surface area (Å²) in [5.41, 5.74) is 2.26. The van der Waals surface area contributed by atoms with Crippen LogP contribution in [0.3, 0.4) is 0 Å². The first-order valence-corrected chi connectivity index (χ1v) is 6.10. The van der Waals surface area contributed by atoms with Crippen molar-refractivity contribution in [1.82, 2.24) is 10.2 Å². The van der Waals surface area contributed by atoms with Crippen molar-refractivity contribution in [3.8, 4) is 5.75 Å². The van der Waals surface area contributed by atoms with Crippen LogP contribution in [-0.4, -0.2) is 23.2 Å². The zero-order valence-corrected chi connectivity index (χ0v) is 11.4. The maximum absolute atomic E-state index is 11.8. The zero-order chi connectivity index (χ0) is 13.8. The average Bonchev–Trinajstić information content (AvgIpc) is 2.74. The fourth-order valence-corrected chi connectivity index (χ4v) is 1.94. The summed E-state index contributed by atoms with van der Waals surface area (Å²) in [6.07, 6.45) is 0.216. The number of aromatic nitrogens is 2. The molecule has 1 heterocycles. The van der Waals surface area contributed by atoms with Gasteiger partial charge in [-0.25, -0.2) is 0 Å². The zero-order valence-electron chi connectivity index (χ0n) is 10.7. The molecule has 0 aliphatic heterocycles. The van der Waals surface area contributed by atoms with Gasteiger partial charge in [0.1, 0.15) is 5.75 Å². The van der Waals surface area contributed by atoms with Crippen LogP contribution in [0.15, 0.2) is 24.3 Å². The molecule has 0 radical (unpaired) electrons. The van der Waals surface area contributed by atoms with E-state index in [1.165, 1.54) is 0 Å². The molecule has 1 aromatic heterocycles. The predicted octanol–water partition coefficient (Wildman–Crippen LogP) is 2.56. The van der Waals surface area contributed by atoms with Crippen molar-refractivity contribution in [2.75, 3.05) is 12.4 Å². The first-order valence-electron chi connectivity index (χ1n) is 5.73. The largest absolute Gasteiger partial charge is 0.495 e. The highest BCUT2D eigenvalue weighted by molar-refractivity contribution is 6.32. The summed E-state index contributed by atoms with van der Waals surface area (Å²) in [5, 5.41) is 10.0. The maximum atomic E-state index is 11.8. The normalized spacial score (nSPS) is 10.3. The molecule has 5 nitrogen and oxygen atoms in total. The lowest BCUT2D eigenvalue weighted by Crippen LogP contribution is -2.14. The van der Waals surface area contributed by atoms with E-state index >= 15 is 0 Å². The van der Waals surface area contributed by atoms with Crippen molar-refractivity contribution in [2.45, 2.75) is 13.3 Å². The van der Waals surface area contributed by atoms with Crippen LogP contribution in [0.4, 0.5) is 5.69 Å². The highest BCUT2D eigenvalue weighted by Crippen LogP contribution is 2.27. The number of nitrogens with zero attached hydrogens (tertiary/aromatic N) is 1. The summed E-state index contributed by atoms with van der Waals surface area (Å²) in [5.74, 6) is 0.426. The smallest absolute Gasteiger partial charge is 0.230 e. The molecular formula is C13H14ClN3O2. The van der Waals surface area contributed by atoms with Gasteiger partial charge in [0, 0.05) is 11.4 Å². The highest BCUT2D eigenvalue weighted by atomic mass is 35.5. The summed E-state index contributed by atoms with van der Waals surface area (Å²) >= 11 is 5.98. The number of aromatic amines is 1. The molecule has 1 amide bonds. The molecule has 0 fully saturated rings. The number of anilines is 1. The molecule has 2 aromatic rings. The van der Waals surface area contributed by atoms with Crippen molar-refractivity contribution in [3.63, 3.8) is 0 Å². The van der Waals surface area contributed by atoms with E-state index in [1.807, 2.05) is 13.0 Å². The molecule has 0 aliphatic rings. The number of halogens is 1. The summed E-state index contributed by atoms with van der Waals surface area (Å²) in [6.45, 7) is 1.89. The molecule has 0 saturated heterocycles. The second-order valence-corrected chi connectivity index (χ2v) is 4.52. The third kappa shape index (κ3) is 3.48. The number of hydrogen-bond acceptors (Lipinski definition) is 3. The van der Waals surface area contributed by atoms with Crippen molar-refractivity contribution < 1.29 is 9.53 Å². The van der Waals surface area contributed by atoms with Crippen molar-refractivity contribution in [1.29, 1.82) is 0 Å². The third-order valence-electron chi connectivity index (χ3n) is 2.54. The van der Waals surface area contributed by atoms with Crippen molar-refractivity contribution >= 4 is 23.2 Å². The van der Waals surface area contributed by atoms with Gasteiger partial charge in [0.05, 0.1) is 24.2 Å². The summed E-state index contributed by atoms with van der Waals surface area (Å²) in [7, 11) is 1.54. The number of H-pyrrole nitrogens is 1. The third-order valence-corrected chi connectivity index (χ3v) is 2.83. The Kier molecular flexibility index (Phi) is 4.06. The fraction of sp³-hybridized carbons (Fsp3) is 0.231. The molecule has 19 heavy (non-hydrogen) atoms. The lowest BCUT2D eigenvalue weighted by molar-refractivity contribution is -0.115. The van der Waals surface area contributed by atoms with E-state index < -0.39 is 0 Å². The SMILES string of the molecule is COc1ccc(NC(=O)Cc2cc(C)[nH]n2)cc1Cl. The van der Waals surface area contributed by atoms with Gasteiger partial charge < -0.3 is 10.1 Å². The Morgan fingerprint density at radius 3 is 2.84 bits per heavy atom. The minimum absolute atomic E-state index is 0.146. The molecule has 100 valence electrons. The van der Waals surface area contributed by atoms with E-state index in [2.05, 4.69) is 15.5 Å². The topological polar surface area (TPSA) is 67.0 Å². The van der Waals surface area contributed by atoms with Crippen LogP contribution >= 0.6 is 11.6 Å². The Bertz CT molecular complexity index is 595. The molecule has 2 N–H and O–H groups in total. The quantitative estimate of drug-likeness (QED) is 0.904. The lowest BCUT2D eigenvalue weighted by Gasteiger charge is -2.07. The standard InChI is InChI=1S/C13H14ClN3O2/c1-8-5-10(17-16-8)7-13(18)15-9-3-4-12(19-2)11(14)6-9/h3-6H,7H2,1-2H3,(H,15,18)(H,16,17). The number of carbonyl (C=O) groups is 1. The Morgan fingerprint density at radius 2 is 2.26 bits per heavy atom. The van der Waals surface area contributed by atoms with Crippen LogP contribution < -0.4 is 10.1 Å². The van der Waals surface area contributed by atoms with Gasteiger partial charge >= 0.3 is 0 Å². The molecule has 2 rings (SSSR count). The number of carbonyl (C=O) groups excluding carboxylic acids is 1. The minimum Gasteiger partial charge on any atom is -0.495 e. The van der Waals surface area contributed by atoms with Gasteiger partial charge in [-0.05, 0) is 31.2 Å². The van der Waals surface area contributed by atoms with Crippen LogP contribution in [0.5, 0.6) is 5.75 Å². The van der Waals surface area contributed by atoms with Crippen LogP contribution in [0.1, 0.15) is 11.4 Å². The molecule has 0 aliphatic carbocycles. The second-order valence-electron chi connectivity index (χ2n) is 4.12. The summed E-state index contributed by atoms with van der Waals surface area (Å²) < 4.78 is 5.04. The van der Waals surface area contributed by atoms with Gasteiger partial charge in [-0.3, -0.25) is 9.89 Å². The number of aryl methyl sites for hydroxylation is 1. The van der Waals surface area contributed by atoms with Gasteiger partial charge in [-0.15, -0.1) is 0 Å². The number of methoxy groups -OCH3 is 1. The average molecular weight is 280 g/mol. The monoisotopic (exact) mass is 279 g/mol. The van der Waals surface area contributed by atoms with Crippen molar-refractivity contribution in [2.24, 2.45) is 0 Å². The predicted molar refractivity (Wildman–Crippen MR) is 73.7 cm³/mol. The van der Waals surface area contributed by atoms with Crippen LogP contribution in [0, 0.1) is 6.92 Å². The number of ether oxygens (including phenoxy) is 1. The van der Waals surface area contributed by atoms with E-state index in [9.17, 15) is 4.79 Å². The van der Waals surface area contributed by atoms with Crippen molar-refractivity contribution in [3.05, 3.63) is 40.7 Å². The van der Waals surface area contributed by atoms with Crippen LogP contribution in [-0.2, 0) is 11.2 Å². The molecular weight excluding hydrogens is 266 g/mol. The van der Waals surface area contributed by atoms with Crippen LogP contribution in [0.2, 0.25) is 5.02 Å². The number of amides is 1. The number of benzene rings is 1. The lowest BCUT2D eigenvalue weighted by atomic mass is 10.2. The molecule has 0 spiro atoms. The summed E-state index contributed by atoms with van der Waals surface area (Å²) in [4.78, 5) is 11.8. The second kappa shape index (κ2) is 5.75. The van der Waals surface area contributed by atoms with E-state index in [4.69, 9.17) is 16.3 Å². The fourth-order valence-electron chi connectivity index (χ4n) is 1.68. The minimum atomic E-state index is -0.146. The Balaban J connectivity index is 2.00. The molecule has 0 atom stereocenters. The van der Waals surface area contributed by atoms with Crippen LogP contribution in [0.25, 0.3) is 0 Å². The van der Waals surface area contributed by atoms with Gasteiger partial charge in [0.2, 0.25) is 5.91 Å². The van der Waals surface area contributed by atoms with E-state index in [0.29, 0.717) is 22.2 Å². The van der Waals surface area contributed by atoms with E-state index in [0.717, 1.165) is 5.69 Å². The Hall–Kier alpha value is -2.01. The first kappa shape index (κ1) is 13.4. The molecule has 6 heteroatoms. The molecule has 0 bridgehead atoms. The molecule has 0 saturated carbocycles. The molecule has 0 unspecified atom stereocenters. The molecule has 1 aromatic carbocycles. The first-order chi connectivity index (χ1) is 9.08. The highest BCUT2D eigenvalue weighted by Gasteiger charge is 2.08. The Labute approximate surface area is 115 Å². The maximum Gasteiger partial charge on any atom is 0.230 e. The number of rotatable bonds is 4. The van der Waals surface area contributed by atoms with Gasteiger partial charge in [0.25, 0.3) is 0 Å². The van der Waals surface area contributed by atoms with Gasteiger partial charge in [-0.2, -0.15) is 5.10 Å². The van der Waals surface area contributed by atoms with Gasteiger partial charge in [0.15, 0.2) is 0 Å². The van der Waals surface area contributed by atoms with Gasteiger partial charge in [-0.1, -0.05) is 11.6 Å². The number of hydrogen-bond donors (Lipinski definition) is 2. The Morgan fingerprint density at radius 1 is 1.47 bits per heavy atom. The number of nitrogens with one attached hydrogen (secondary N) is 2. The summed E-state index contributed by atoms with van der Waals surface area (Å²) in [6, 6.07) is 6.92. The van der Waals surface area contributed by atoms with E-state index in [1.54, 1.807) is 25.3 Å². The van der Waals surface area contributed by atoms with E-state index in [-0.39, 0.29) is 12.3 Å².